The summed E-state index contributed by atoms with van der Waals surface area (Å²) >= 11 is 0. The van der Waals surface area contributed by atoms with E-state index in [1.165, 1.54) is 25.4 Å². The number of furan rings is 1. The average Bonchev–Trinajstić information content (AvgIpc) is 3.10. The lowest BCUT2D eigenvalue weighted by Gasteiger charge is -2.39. The molecule has 1 fully saturated rings. The highest BCUT2D eigenvalue weighted by Crippen LogP contribution is 2.21. The third-order valence-corrected chi connectivity index (χ3v) is 5.07. The van der Waals surface area contributed by atoms with Crippen LogP contribution in [0.4, 0.5) is 0 Å². The molecule has 6 heteroatoms. The monoisotopic (exact) mass is 349 g/mol. The van der Waals surface area contributed by atoms with E-state index < -0.39 is 6.04 Å². The molecule has 1 aromatic heterocycles. The molecular weight excluding hydrogens is 318 g/mol. The number of nitrogens with zero attached hydrogens (tertiary/aromatic N) is 1. The third-order valence-electron chi connectivity index (χ3n) is 5.07. The van der Waals surface area contributed by atoms with Crippen molar-refractivity contribution in [2.24, 2.45) is 11.8 Å². The van der Waals surface area contributed by atoms with E-state index in [2.05, 4.69) is 36.3 Å². The van der Waals surface area contributed by atoms with Crippen molar-refractivity contribution in [3.63, 3.8) is 0 Å². The fraction of sp³-hybridized carbons (Fsp3) is 0.684. The molecule has 0 aliphatic carbocycles. The molecule has 0 saturated carbocycles. The summed E-state index contributed by atoms with van der Waals surface area (Å²) in [6.45, 7) is 11.2. The van der Waals surface area contributed by atoms with E-state index in [4.69, 9.17) is 4.42 Å². The first-order chi connectivity index (χ1) is 11.9. The van der Waals surface area contributed by atoms with Gasteiger partial charge in [-0.05, 0) is 50.8 Å². The van der Waals surface area contributed by atoms with E-state index in [0.29, 0.717) is 24.1 Å². The summed E-state index contributed by atoms with van der Waals surface area (Å²) in [6, 6.07) is 1.32. The van der Waals surface area contributed by atoms with Gasteiger partial charge in [-0.25, -0.2) is 0 Å². The zero-order chi connectivity index (χ0) is 18.4. The first-order valence-electron chi connectivity index (χ1n) is 9.23. The predicted octanol–water partition coefficient (Wildman–Crippen LogP) is 2.27. The topological polar surface area (TPSA) is 74.6 Å². The SMILES string of the molecule is CC1CCN([C@@H](CNC(=O)[C@@H](C)NC(=O)c2ccoc2)C(C)C)CC1. The van der Waals surface area contributed by atoms with Crippen molar-refractivity contribution in [1.29, 1.82) is 0 Å². The lowest BCUT2D eigenvalue weighted by atomic mass is 9.94. The van der Waals surface area contributed by atoms with Gasteiger partial charge in [0.1, 0.15) is 12.3 Å². The fourth-order valence-corrected chi connectivity index (χ4v) is 3.24. The maximum atomic E-state index is 12.3. The Hall–Kier alpha value is -1.82. The van der Waals surface area contributed by atoms with E-state index in [0.717, 1.165) is 19.0 Å². The lowest BCUT2D eigenvalue weighted by molar-refractivity contribution is -0.123. The summed E-state index contributed by atoms with van der Waals surface area (Å²) in [6.07, 6.45) is 5.24. The van der Waals surface area contributed by atoms with E-state index in [9.17, 15) is 9.59 Å². The van der Waals surface area contributed by atoms with E-state index >= 15 is 0 Å². The van der Waals surface area contributed by atoms with Crippen LogP contribution < -0.4 is 10.6 Å². The first-order valence-corrected chi connectivity index (χ1v) is 9.23. The van der Waals surface area contributed by atoms with Crippen LogP contribution in [0.2, 0.25) is 0 Å². The molecule has 1 saturated heterocycles. The van der Waals surface area contributed by atoms with Gasteiger partial charge in [0.2, 0.25) is 5.91 Å². The number of hydrogen-bond donors (Lipinski definition) is 2. The molecule has 2 N–H and O–H groups in total. The number of nitrogens with one attached hydrogen (secondary N) is 2. The highest BCUT2D eigenvalue weighted by atomic mass is 16.3. The molecule has 6 nitrogen and oxygen atoms in total. The summed E-state index contributed by atoms with van der Waals surface area (Å²) in [5.74, 6) is 0.788. The Labute approximate surface area is 150 Å². The lowest BCUT2D eigenvalue weighted by Crippen LogP contribution is -2.52. The molecule has 2 atom stereocenters. The van der Waals surface area contributed by atoms with Crippen LogP contribution in [0, 0.1) is 11.8 Å². The Morgan fingerprint density at radius 1 is 1.28 bits per heavy atom. The van der Waals surface area contributed by atoms with Gasteiger partial charge in [-0.2, -0.15) is 0 Å². The first kappa shape index (κ1) is 19.5. The number of piperidine rings is 1. The van der Waals surface area contributed by atoms with Crippen LogP contribution in [0.5, 0.6) is 0 Å². The Bertz CT molecular complexity index is 548. The van der Waals surface area contributed by atoms with Crippen molar-refractivity contribution in [3.05, 3.63) is 24.2 Å². The minimum atomic E-state index is -0.586. The number of hydrogen-bond acceptors (Lipinski definition) is 4. The van der Waals surface area contributed by atoms with Gasteiger partial charge in [-0.3, -0.25) is 14.5 Å². The molecule has 2 heterocycles. The number of likely N-dealkylation sites (tertiary alicyclic amines) is 1. The Kier molecular flexibility index (Phi) is 7.05. The van der Waals surface area contributed by atoms with Gasteiger partial charge in [-0.1, -0.05) is 20.8 Å². The highest BCUT2D eigenvalue weighted by molar-refractivity contribution is 5.97. The fourth-order valence-electron chi connectivity index (χ4n) is 3.24. The van der Waals surface area contributed by atoms with Gasteiger partial charge < -0.3 is 15.1 Å². The zero-order valence-electron chi connectivity index (χ0n) is 15.7. The molecular formula is C19H31N3O3. The van der Waals surface area contributed by atoms with Crippen LogP contribution in [0.3, 0.4) is 0 Å². The summed E-state index contributed by atoms with van der Waals surface area (Å²) in [5, 5.41) is 5.70. The standard InChI is InChI=1S/C19H31N3O3/c1-13(2)17(22-8-5-14(3)6-9-22)11-20-18(23)15(4)21-19(24)16-7-10-25-12-16/h7,10,12-15,17H,5-6,8-9,11H2,1-4H3,(H,20,23)(H,21,24)/t15-,17+/m1/s1. The zero-order valence-corrected chi connectivity index (χ0v) is 15.7. The molecule has 2 rings (SSSR count). The van der Waals surface area contributed by atoms with E-state index in [1.807, 2.05) is 0 Å². The second kappa shape index (κ2) is 9.04. The molecule has 25 heavy (non-hydrogen) atoms. The quantitative estimate of drug-likeness (QED) is 0.792. The Morgan fingerprint density at radius 2 is 1.96 bits per heavy atom. The number of carbonyl (C=O) groups is 2. The highest BCUT2D eigenvalue weighted by Gasteiger charge is 2.26. The van der Waals surface area contributed by atoms with Crippen LogP contribution in [-0.4, -0.2) is 48.4 Å². The van der Waals surface area contributed by atoms with Gasteiger partial charge in [0, 0.05) is 12.6 Å². The van der Waals surface area contributed by atoms with Gasteiger partial charge >= 0.3 is 0 Å². The predicted molar refractivity (Wildman–Crippen MR) is 97.2 cm³/mol. The van der Waals surface area contributed by atoms with Crippen molar-refractivity contribution >= 4 is 11.8 Å². The van der Waals surface area contributed by atoms with Crippen LogP contribution in [0.1, 0.15) is 50.9 Å². The number of rotatable bonds is 7. The average molecular weight is 349 g/mol. The van der Waals surface area contributed by atoms with E-state index in [-0.39, 0.29) is 11.8 Å². The summed E-state index contributed by atoms with van der Waals surface area (Å²) in [5.41, 5.74) is 0.419. The largest absolute Gasteiger partial charge is 0.472 e. The number of amides is 2. The second-order valence-corrected chi connectivity index (χ2v) is 7.48. The van der Waals surface area contributed by atoms with Crippen molar-refractivity contribution in [1.82, 2.24) is 15.5 Å². The maximum absolute atomic E-state index is 12.3. The molecule has 0 aromatic carbocycles. The second-order valence-electron chi connectivity index (χ2n) is 7.48. The van der Waals surface area contributed by atoms with Crippen molar-refractivity contribution in [2.75, 3.05) is 19.6 Å². The Morgan fingerprint density at radius 3 is 2.52 bits per heavy atom. The molecule has 0 unspecified atom stereocenters. The molecule has 2 amide bonds. The maximum Gasteiger partial charge on any atom is 0.255 e. The molecule has 0 radical (unpaired) electrons. The van der Waals surface area contributed by atoms with E-state index in [1.54, 1.807) is 13.0 Å². The molecule has 0 spiro atoms. The van der Waals surface area contributed by atoms with Crippen molar-refractivity contribution < 1.29 is 14.0 Å². The van der Waals surface area contributed by atoms with Crippen LogP contribution in [-0.2, 0) is 4.79 Å². The molecule has 1 aromatic rings. The number of carbonyl (C=O) groups excluding carboxylic acids is 2. The van der Waals surface area contributed by atoms with Crippen LogP contribution in [0.15, 0.2) is 23.0 Å². The Balaban J connectivity index is 1.82. The summed E-state index contributed by atoms with van der Waals surface area (Å²) < 4.78 is 4.89. The van der Waals surface area contributed by atoms with Gasteiger partial charge in [-0.15, -0.1) is 0 Å². The molecule has 140 valence electrons. The smallest absolute Gasteiger partial charge is 0.255 e. The third kappa shape index (κ3) is 5.59. The van der Waals surface area contributed by atoms with Crippen LogP contribution in [0.25, 0.3) is 0 Å². The molecule has 1 aliphatic rings. The minimum Gasteiger partial charge on any atom is -0.472 e. The van der Waals surface area contributed by atoms with Gasteiger partial charge in [0.25, 0.3) is 5.91 Å². The molecule has 1 aliphatic heterocycles. The summed E-state index contributed by atoms with van der Waals surface area (Å²) in [7, 11) is 0. The minimum absolute atomic E-state index is 0.159. The van der Waals surface area contributed by atoms with Crippen molar-refractivity contribution in [3.8, 4) is 0 Å². The normalized spacial score (nSPS) is 18.8. The van der Waals surface area contributed by atoms with Gasteiger partial charge in [0.15, 0.2) is 0 Å². The van der Waals surface area contributed by atoms with Crippen LogP contribution >= 0.6 is 0 Å². The van der Waals surface area contributed by atoms with Crippen molar-refractivity contribution in [2.45, 2.75) is 52.6 Å². The summed E-state index contributed by atoms with van der Waals surface area (Å²) in [4.78, 5) is 26.8. The molecule has 0 bridgehead atoms. The van der Waals surface area contributed by atoms with Gasteiger partial charge in [0.05, 0.1) is 11.8 Å².